The monoisotopic (exact) mass is 366 g/mol. The molecule has 1 aliphatic rings. The van der Waals surface area contributed by atoms with Crippen LogP contribution in [-0.2, 0) is 10.0 Å². The van der Waals surface area contributed by atoms with Crippen molar-refractivity contribution < 1.29 is 8.42 Å². The fourth-order valence-corrected chi connectivity index (χ4v) is 3.92. The number of hydrogen-bond acceptors (Lipinski definition) is 5. The number of aryl methyl sites for hydroxylation is 1. The molecule has 0 atom stereocenters. The van der Waals surface area contributed by atoms with Gasteiger partial charge in [0.25, 0.3) is 10.0 Å². The van der Waals surface area contributed by atoms with Crippen LogP contribution in [0.3, 0.4) is 0 Å². The van der Waals surface area contributed by atoms with E-state index in [-0.39, 0.29) is 10.7 Å². The summed E-state index contributed by atoms with van der Waals surface area (Å²) >= 11 is 5.93. The largest absolute Gasteiger partial charge is 0.366 e. The molecule has 1 saturated carbocycles. The Hall–Kier alpha value is -1.86. The number of rotatable bonds is 5. The molecule has 2 aromatic rings. The van der Waals surface area contributed by atoms with E-state index in [1.54, 1.807) is 25.1 Å². The third kappa shape index (κ3) is 3.96. The minimum Gasteiger partial charge on any atom is -0.366 e. The van der Waals surface area contributed by atoms with Gasteiger partial charge in [0.1, 0.15) is 5.82 Å². The first kappa shape index (κ1) is 17.0. The summed E-state index contributed by atoms with van der Waals surface area (Å²) in [5, 5.41) is 11.8. The standard InChI is InChI=1S/C16H19ClN4O2S/c1-11-10-13(6-7-14(11)17)24(22,23)21-16-9-8-15(19-20-16)18-12-4-2-3-5-12/h6-10,12H,2-5H2,1H3,(H,18,19)(H,20,21). The fourth-order valence-electron chi connectivity index (χ4n) is 2.72. The van der Waals surface area contributed by atoms with E-state index in [0.29, 0.717) is 22.4 Å². The van der Waals surface area contributed by atoms with Gasteiger partial charge in [-0.05, 0) is 55.7 Å². The van der Waals surface area contributed by atoms with Crippen LogP contribution in [0.2, 0.25) is 5.02 Å². The highest BCUT2D eigenvalue weighted by molar-refractivity contribution is 7.92. The van der Waals surface area contributed by atoms with Crippen LogP contribution in [-0.4, -0.2) is 24.7 Å². The summed E-state index contributed by atoms with van der Waals surface area (Å²) in [6.45, 7) is 1.75. The van der Waals surface area contributed by atoms with E-state index >= 15 is 0 Å². The Bertz CT molecular complexity index is 818. The average Bonchev–Trinajstić information content (AvgIpc) is 3.04. The van der Waals surface area contributed by atoms with Gasteiger partial charge >= 0.3 is 0 Å². The van der Waals surface area contributed by atoms with E-state index in [0.717, 1.165) is 12.8 Å². The summed E-state index contributed by atoms with van der Waals surface area (Å²) < 4.78 is 27.2. The van der Waals surface area contributed by atoms with Crippen molar-refractivity contribution in [2.75, 3.05) is 10.0 Å². The zero-order valence-corrected chi connectivity index (χ0v) is 14.9. The van der Waals surface area contributed by atoms with Gasteiger partial charge in [-0.25, -0.2) is 8.42 Å². The number of halogens is 1. The van der Waals surface area contributed by atoms with E-state index in [9.17, 15) is 8.42 Å². The molecule has 3 rings (SSSR count). The molecule has 0 aliphatic heterocycles. The summed E-state index contributed by atoms with van der Waals surface area (Å²) in [6, 6.07) is 8.31. The number of sulfonamides is 1. The summed E-state index contributed by atoms with van der Waals surface area (Å²) in [7, 11) is -3.72. The van der Waals surface area contributed by atoms with Crippen molar-refractivity contribution >= 4 is 33.3 Å². The minimum absolute atomic E-state index is 0.138. The second-order valence-corrected chi connectivity index (χ2v) is 8.04. The van der Waals surface area contributed by atoms with Crippen molar-refractivity contribution in [1.82, 2.24) is 10.2 Å². The van der Waals surface area contributed by atoms with Crippen molar-refractivity contribution in [3.8, 4) is 0 Å². The lowest BCUT2D eigenvalue weighted by Gasteiger charge is -2.12. The number of anilines is 2. The smallest absolute Gasteiger partial charge is 0.263 e. The molecule has 1 aromatic heterocycles. The van der Waals surface area contributed by atoms with Crippen LogP contribution < -0.4 is 10.0 Å². The topological polar surface area (TPSA) is 84.0 Å². The molecular formula is C16H19ClN4O2S. The fraction of sp³-hybridized carbons (Fsp3) is 0.375. The Morgan fingerprint density at radius 3 is 2.38 bits per heavy atom. The van der Waals surface area contributed by atoms with Crippen LogP contribution in [0, 0.1) is 6.92 Å². The van der Waals surface area contributed by atoms with Crippen molar-refractivity contribution in [3.05, 3.63) is 40.9 Å². The molecule has 0 radical (unpaired) electrons. The van der Waals surface area contributed by atoms with E-state index < -0.39 is 10.0 Å². The molecule has 8 heteroatoms. The lowest BCUT2D eigenvalue weighted by Crippen LogP contribution is -2.17. The lowest BCUT2D eigenvalue weighted by molar-refractivity contribution is 0.601. The van der Waals surface area contributed by atoms with E-state index in [1.165, 1.54) is 25.0 Å². The van der Waals surface area contributed by atoms with Crippen LogP contribution in [0.15, 0.2) is 35.2 Å². The van der Waals surface area contributed by atoms with Gasteiger partial charge in [-0.1, -0.05) is 24.4 Å². The predicted molar refractivity (Wildman–Crippen MR) is 94.9 cm³/mol. The highest BCUT2D eigenvalue weighted by atomic mass is 35.5. The molecule has 2 N–H and O–H groups in total. The van der Waals surface area contributed by atoms with Crippen LogP contribution in [0.4, 0.5) is 11.6 Å². The molecule has 1 aromatic carbocycles. The maximum Gasteiger partial charge on any atom is 0.263 e. The highest BCUT2D eigenvalue weighted by Gasteiger charge is 2.17. The zero-order valence-electron chi connectivity index (χ0n) is 13.3. The Labute approximate surface area is 146 Å². The summed E-state index contributed by atoms with van der Waals surface area (Å²) in [5.41, 5.74) is 0.696. The van der Waals surface area contributed by atoms with Gasteiger partial charge in [-0.2, -0.15) is 0 Å². The van der Waals surface area contributed by atoms with Gasteiger partial charge < -0.3 is 5.32 Å². The molecule has 6 nitrogen and oxygen atoms in total. The van der Waals surface area contributed by atoms with Gasteiger partial charge in [-0.15, -0.1) is 10.2 Å². The first-order valence-electron chi connectivity index (χ1n) is 7.83. The number of benzene rings is 1. The maximum absolute atomic E-state index is 12.4. The third-order valence-electron chi connectivity index (χ3n) is 4.05. The van der Waals surface area contributed by atoms with Crippen LogP contribution in [0.25, 0.3) is 0 Å². The highest BCUT2D eigenvalue weighted by Crippen LogP contribution is 2.23. The SMILES string of the molecule is Cc1cc(S(=O)(=O)Nc2ccc(NC3CCCC3)nn2)ccc1Cl. The average molecular weight is 367 g/mol. The maximum atomic E-state index is 12.4. The Morgan fingerprint density at radius 1 is 1.08 bits per heavy atom. The van der Waals surface area contributed by atoms with Crippen LogP contribution in [0.5, 0.6) is 0 Å². The van der Waals surface area contributed by atoms with Gasteiger partial charge in [0.15, 0.2) is 5.82 Å². The quantitative estimate of drug-likeness (QED) is 0.844. The number of nitrogens with zero attached hydrogens (tertiary/aromatic N) is 2. The van der Waals surface area contributed by atoms with E-state index in [1.807, 2.05) is 0 Å². The second-order valence-electron chi connectivity index (χ2n) is 5.95. The summed E-state index contributed by atoms with van der Waals surface area (Å²) in [4.78, 5) is 0.138. The predicted octanol–water partition coefficient (Wildman–Crippen LogP) is 3.59. The Kier molecular flexibility index (Phi) is 4.91. The minimum atomic E-state index is -3.72. The van der Waals surface area contributed by atoms with Crippen molar-refractivity contribution in [2.24, 2.45) is 0 Å². The van der Waals surface area contributed by atoms with Crippen molar-refractivity contribution in [2.45, 2.75) is 43.5 Å². The second kappa shape index (κ2) is 6.94. The molecule has 0 spiro atoms. The van der Waals surface area contributed by atoms with Crippen molar-refractivity contribution in [1.29, 1.82) is 0 Å². The molecule has 0 saturated heterocycles. The number of hydrogen-bond donors (Lipinski definition) is 2. The van der Waals surface area contributed by atoms with E-state index in [4.69, 9.17) is 11.6 Å². The molecule has 1 fully saturated rings. The van der Waals surface area contributed by atoms with Gasteiger partial charge in [0, 0.05) is 11.1 Å². The summed E-state index contributed by atoms with van der Waals surface area (Å²) in [6.07, 6.45) is 4.71. The third-order valence-corrected chi connectivity index (χ3v) is 5.83. The molecule has 0 amide bonds. The summed E-state index contributed by atoms with van der Waals surface area (Å²) in [5.74, 6) is 0.840. The Morgan fingerprint density at radius 2 is 1.75 bits per heavy atom. The van der Waals surface area contributed by atoms with Crippen LogP contribution in [0.1, 0.15) is 31.2 Å². The van der Waals surface area contributed by atoms with E-state index in [2.05, 4.69) is 20.2 Å². The first-order valence-corrected chi connectivity index (χ1v) is 9.69. The molecule has 1 heterocycles. The molecular weight excluding hydrogens is 348 g/mol. The Balaban J connectivity index is 1.71. The first-order chi connectivity index (χ1) is 11.4. The van der Waals surface area contributed by atoms with Gasteiger partial charge in [0.05, 0.1) is 4.90 Å². The molecule has 1 aliphatic carbocycles. The lowest BCUT2D eigenvalue weighted by atomic mass is 10.2. The zero-order chi connectivity index (χ0) is 17.2. The van der Waals surface area contributed by atoms with Crippen LogP contribution >= 0.6 is 11.6 Å². The number of aromatic nitrogens is 2. The molecule has 128 valence electrons. The van der Waals surface area contributed by atoms with Crippen molar-refractivity contribution in [3.63, 3.8) is 0 Å². The number of nitrogens with one attached hydrogen (secondary N) is 2. The molecule has 0 bridgehead atoms. The molecule has 0 unspecified atom stereocenters. The van der Waals surface area contributed by atoms with Gasteiger partial charge in [0.2, 0.25) is 0 Å². The van der Waals surface area contributed by atoms with Gasteiger partial charge in [-0.3, -0.25) is 4.72 Å². The normalized spacial score (nSPS) is 15.4. The molecule has 24 heavy (non-hydrogen) atoms.